The minimum absolute atomic E-state index is 0.348. The van der Waals surface area contributed by atoms with Crippen molar-refractivity contribution in [2.45, 2.75) is 13.2 Å². The maximum atomic E-state index is 11.0. The van der Waals surface area contributed by atoms with E-state index in [0.29, 0.717) is 23.7 Å². The molecule has 2 rings (SSSR count). The third-order valence-corrected chi connectivity index (χ3v) is 3.87. The molecule has 0 aliphatic heterocycles. The summed E-state index contributed by atoms with van der Waals surface area (Å²) in [5.41, 5.74) is 0.684. The Morgan fingerprint density at radius 1 is 1.58 bits per heavy atom. The van der Waals surface area contributed by atoms with Crippen molar-refractivity contribution in [3.63, 3.8) is 0 Å². The van der Waals surface area contributed by atoms with Gasteiger partial charge >= 0.3 is 0 Å². The van der Waals surface area contributed by atoms with Gasteiger partial charge in [-0.1, -0.05) is 11.3 Å². The molecule has 0 bridgehead atoms. The van der Waals surface area contributed by atoms with Crippen molar-refractivity contribution in [1.82, 2.24) is 14.5 Å². The molecule has 19 heavy (non-hydrogen) atoms. The lowest BCUT2D eigenvalue weighted by Gasteiger charge is -2.15. The molecule has 102 valence electrons. The van der Waals surface area contributed by atoms with E-state index >= 15 is 0 Å². The number of thiazole rings is 1. The molecule has 2 heterocycles. The van der Waals surface area contributed by atoms with Gasteiger partial charge in [-0.3, -0.25) is 4.79 Å². The molecule has 0 amide bonds. The van der Waals surface area contributed by atoms with Crippen LogP contribution in [0.5, 0.6) is 0 Å². The summed E-state index contributed by atoms with van der Waals surface area (Å²) in [6.07, 6.45) is 4.49. The Hall–Kier alpha value is -1.73. The molecule has 0 atom stereocenters. The van der Waals surface area contributed by atoms with Gasteiger partial charge in [0.25, 0.3) is 0 Å². The van der Waals surface area contributed by atoms with Crippen LogP contribution < -0.4 is 4.90 Å². The van der Waals surface area contributed by atoms with Gasteiger partial charge < -0.3 is 14.2 Å². The first-order valence-electron chi connectivity index (χ1n) is 5.77. The number of carbonyl (C=O) groups excluding carboxylic acids is 1. The molecule has 0 N–H and O–H groups in total. The largest absolute Gasteiger partial charge is 0.378 e. The first kappa shape index (κ1) is 13.7. The molecular weight excluding hydrogens is 264 g/mol. The fourth-order valence-electron chi connectivity index (χ4n) is 1.67. The van der Waals surface area contributed by atoms with Crippen LogP contribution in [0.15, 0.2) is 12.4 Å². The van der Waals surface area contributed by atoms with Crippen molar-refractivity contribution in [3.05, 3.63) is 28.8 Å². The Morgan fingerprint density at radius 2 is 2.37 bits per heavy atom. The number of methoxy groups -OCH3 is 1. The summed E-state index contributed by atoms with van der Waals surface area (Å²) in [5, 5.41) is 0.789. The Bertz CT molecular complexity index is 564. The van der Waals surface area contributed by atoms with E-state index < -0.39 is 0 Å². The Kier molecular flexibility index (Phi) is 4.28. The molecule has 2 aromatic rings. The molecule has 0 radical (unpaired) electrons. The SMILES string of the molecule is COCc1nc(N(C)Cc2nccn2C)sc1C=O. The van der Waals surface area contributed by atoms with Crippen LogP contribution in [-0.4, -0.2) is 35.0 Å². The fourth-order valence-corrected chi connectivity index (χ4v) is 2.52. The highest BCUT2D eigenvalue weighted by molar-refractivity contribution is 7.17. The second kappa shape index (κ2) is 5.94. The van der Waals surface area contributed by atoms with Crippen LogP contribution in [0.2, 0.25) is 0 Å². The summed E-state index contributed by atoms with van der Waals surface area (Å²) >= 11 is 1.36. The molecule has 0 unspecified atom stereocenters. The van der Waals surface area contributed by atoms with E-state index in [-0.39, 0.29) is 0 Å². The molecule has 0 spiro atoms. The van der Waals surface area contributed by atoms with E-state index in [4.69, 9.17) is 4.74 Å². The van der Waals surface area contributed by atoms with Gasteiger partial charge in [-0.25, -0.2) is 9.97 Å². The highest BCUT2D eigenvalue weighted by Crippen LogP contribution is 2.25. The Balaban J connectivity index is 2.17. The van der Waals surface area contributed by atoms with Gasteiger partial charge in [0.2, 0.25) is 0 Å². The molecule has 0 saturated carbocycles. The van der Waals surface area contributed by atoms with E-state index in [1.165, 1.54) is 11.3 Å². The third-order valence-electron chi connectivity index (χ3n) is 2.73. The van der Waals surface area contributed by atoms with Crippen molar-refractivity contribution in [2.75, 3.05) is 19.1 Å². The average Bonchev–Trinajstić information content (AvgIpc) is 2.97. The number of ether oxygens (including phenoxy) is 1. The Morgan fingerprint density at radius 3 is 2.95 bits per heavy atom. The fraction of sp³-hybridized carbons (Fsp3) is 0.417. The van der Waals surface area contributed by atoms with Gasteiger partial charge in [0.05, 0.1) is 23.7 Å². The van der Waals surface area contributed by atoms with Gasteiger partial charge in [0, 0.05) is 33.6 Å². The smallest absolute Gasteiger partial charge is 0.186 e. The molecule has 0 fully saturated rings. The standard InChI is InChI=1S/C12H16N4O2S/c1-15-5-4-13-11(15)6-16(2)12-14-9(8-18-3)10(7-17)19-12/h4-5,7H,6,8H2,1-3H3. The number of anilines is 1. The highest BCUT2D eigenvalue weighted by atomic mass is 32.1. The highest BCUT2D eigenvalue weighted by Gasteiger charge is 2.14. The quantitative estimate of drug-likeness (QED) is 0.750. The van der Waals surface area contributed by atoms with Gasteiger partial charge in [-0.2, -0.15) is 0 Å². The minimum Gasteiger partial charge on any atom is -0.378 e. The minimum atomic E-state index is 0.348. The second-order valence-electron chi connectivity index (χ2n) is 4.17. The monoisotopic (exact) mass is 280 g/mol. The third kappa shape index (κ3) is 2.99. The van der Waals surface area contributed by atoms with Gasteiger partial charge in [0.1, 0.15) is 5.82 Å². The second-order valence-corrected chi connectivity index (χ2v) is 5.18. The number of carbonyl (C=O) groups is 1. The molecule has 0 aromatic carbocycles. The first-order valence-corrected chi connectivity index (χ1v) is 6.58. The van der Waals surface area contributed by atoms with Crippen LogP contribution in [0.4, 0.5) is 5.13 Å². The van der Waals surface area contributed by atoms with Crippen molar-refractivity contribution >= 4 is 22.8 Å². The first-order chi connectivity index (χ1) is 9.15. The van der Waals surface area contributed by atoms with Crippen LogP contribution in [0.25, 0.3) is 0 Å². The predicted octanol–water partition coefficient (Wildman–Crippen LogP) is 1.47. The molecule has 7 heteroatoms. The lowest BCUT2D eigenvalue weighted by Crippen LogP contribution is -2.18. The number of aldehydes is 1. The van der Waals surface area contributed by atoms with Crippen molar-refractivity contribution in [2.24, 2.45) is 7.05 Å². The zero-order chi connectivity index (χ0) is 13.8. The van der Waals surface area contributed by atoms with E-state index in [9.17, 15) is 4.79 Å². The van der Waals surface area contributed by atoms with E-state index in [0.717, 1.165) is 17.2 Å². The summed E-state index contributed by atoms with van der Waals surface area (Å²) in [5.74, 6) is 0.943. The number of aryl methyl sites for hydroxylation is 1. The number of aromatic nitrogens is 3. The van der Waals surface area contributed by atoms with E-state index in [1.54, 1.807) is 13.3 Å². The molecule has 6 nitrogen and oxygen atoms in total. The molecule has 0 aliphatic carbocycles. The van der Waals surface area contributed by atoms with E-state index in [2.05, 4.69) is 9.97 Å². The zero-order valence-electron chi connectivity index (χ0n) is 11.2. The Labute approximate surface area is 115 Å². The van der Waals surface area contributed by atoms with Crippen LogP contribution >= 0.6 is 11.3 Å². The summed E-state index contributed by atoms with van der Waals surface area (Å²) < 4.78 is 7.00. The normalized spacial score (nSPS) is 10.7. The number of imidazole rings is 1. The van der Waals surface area contributed by atoms with Crippen LogP contribution in [-0.2, 0) is 24.9 Å². The van der Waals surface area contributed by atoms with Crippen LogP contribution in [0, 0.1) is 0 Å². The molecular formula is C12H16N4O2S. The number of rotatable bonds is 6. The van der Waals surface area contributed by atoms with Crippen LogP contribution in [0.3, 0.4) is 0 Å². The number of nitrogens with zero attached hydrogens (tertiary/aromatic N) is 4. The van der Waals surface area contributed by atoms with Gasteiger partial charge in [-0.15, -0.1) is 0 Å². The summed E-state index contributed by atoms with van der Waals surface area (Å²) in [7, 11) is 5.47. The van der Waals surface area contributed by atoms with Crippen molar-refractivity contribution in [1.29, 1.82) is 0 Å². The van der Waals surface area contributed by atoms with Crippen molar-refractivity contribution < 1.29 is 9.53 Å². The molecule has 2 aromatic heterocycles. The van der Waals surface area contributed by atoms with Gasteiger partial charge in [0.15, 0.2) is 11.4 Å². The molecule has 0 saturated heterocycles. The van der Waals surface area contributed by atoms with E-state index in [1.807, 2.05) is 29.8 Å². The maximum absolute atomic E-state index is 11.0. The maximum Gasteiger partial charge on any atom is 0.186 e. The summed E-state index contributed by atoms with van der Waals surface area (Å²) in [6.45, 7) is 0.989. The average molecular weight is 280 g/mol. The number of hydrogen-bond acceptors (Lipinski definition) is 6. The lowest BCUT2D eigenvalue weighted by atomic mass is 10.4. The van der Waals surface area contributed by atoms with Crippen LogP contribution in [0.1, 0.15) is 21.2 Å². The topological polar surface area (TPSA) is 60.2 Å². The van der Waals surface area contributed by atoms with Crippen molar-refractivity contribution in [3.8, 4) is 0 Å². The number of hydrogen-bond donors (Lipinski definition) is 0. The van der Waals surface area contributed by atoms with Gasteiger partial charge in [-0.05, 0) is 0 Å². The summed E-state index contributed by atoms with van der Waals surface area (Å²) in [6, 6.07) is 0. The lowest BCUT2D eigenvalue weighted by molar-refractivity contribution is 0.112. The molecule has 0 aliphatic rings. The summed E-state index contributed by atoms with van der Waals surface area (Å²) in [4.78, 5) is 22.3. The zero-order valence-corrected chi connectivity index (χ0v) is 12.0. The predicted molar refractivity (Wildman–Crippen MR) is 73.5 cm³/mol.